The maximum atomic E-state index is 9.15. The van der Waals surface area contributed by atoms with Crippen molar-refractivity contribution >= 4 is 53.3 Å². The van der Waals surface area contributed by atoms with Crippen LogP contribution in [0.2, 0.25) is 0 Å². The van der Waals surface area contributed by atoms with E-state index >= 15 is 0 Å². The van der Waals surface area contributed by atoms with Gasteiger partial charge in [0, 0.05) is 53.3 Å². The molecule has 0 amide bonds. The molecular formula is C51H32N4S. The molecule has 8 aromatic carbocycles. The maximum Gasteiger partial charge on any atom is 0.164 e. The molecule has 0 unspecified atom stereocenters. The Hall–Kier alpha value is -7.21. The first-order valence-electron chi connectivity index (χ1n) is 22.5. The Bertz CT molecular complexity index is 3730. The molecule has 0 radical (unpaired) electrons. The van der Waals surface area contributed by atoms with E-state index in [0.717, 1.165) is 42.4 Å². The average Bonchev–Trinajstić information content (AvgIpc) is 3.91. The van der Waals surface area contributed by atoms with Gasteiger partial charge in [0.1, 0.15) is 0 Å². The van der Waals surface area contributed by atoms with Crippen LogP contribution in [0.1, 0.15) is 12.3 Å². The van der Waals surface area contributed by atoms with E-state index in [9.17, 15) is 0 Å². The van der Waals surface area contributed by atoms with Gasteiger partial charge < -0.3 is 4.57 Å². The van der Waals surface area contributed by atoms with E-state index in [-0.39, 0.29) is 34.1 Å². The summed E-state index contributed by atoms with van der Waals surface area (Å²) in [5, 5.41) is 2.67. The summed E-state index contributed by atoms with van der Waals surface area (Å²) >= 11 is 1.72. The number of fused-ring (bicyclic) bond motifs is 6. The summed E-state index contributed by atoms with van der Waals surface area (Å²) in [5.74, 6) is 1.42. The van der Waals surface area contributed by atoms with E-state index in [1.807, 2.05) is 78.9 Å². The van der Waals surface area contributed by atoms with Crippen LogP contribution in [0.3, 0.4) is 0 Å². The van der Waals surface area contributed by atoms with E-state index in [0.29, 0.717) is 39.6 Å². The quantitative estimate of drug-likeness (QED) is 0.170. The molecule has 3 aromatic heterocycles. The lowest BCUT2D eigenvalue weighted by atomic mass is 9.99. The molecule has 5 heteroatoms. The summed E-state index contributed by atoms with van der Waals surface area (Å²) in [4.78, 5) is 15.3. The Morgan fingerprint density at radius 2 is 1.00 bits per heavy atom. The van der Waals surface area contributed by atoms with E-state index in [4.69, 9.17) is 27.3 Å². The highest BCUT2D eigenvalue weighted by molar-refractivity contribution is 7.25. The molecular weight excluding hydrogens is 701 g/mol. The molecule has 0 spiro atoms. The van der Waals surface area contributed by atoms with Gasteiger partial charge in [0.15, 0.2) is 17.5 Å². The Morgan fingerprint density at radius 1 is 0.393 bits per heavy atom. The maximum absolute atomic E-state index is 9.15. The highest BCUT2D eigenvalue weighted by Crippen LogP contribution is 2.41. The molecule has 3 heterocycles. The van der Waals surface area contributed by atoms with Crippen molar-refractivity contribution in [3.63, 3.8) is 0 Å². The molecule has 0 fully saturated rings. The van der Waals surface area contributed by atoms with Crippen molar-refractivity contribution < 1.29 is 12.3 Å². The Balaban J connectivity index is 1.11. The van der Waals surface area contributed by atoms with Crippen molar-refractivity contribution in [3.8, 4) is 62.1 Å². The van der Waals surface area contributed by atoms with Crippen LogP contribution in [0.25, 0.3) is 104 Å². The van der Waals surface area contributed by atoms with Crippen LogP contribution < -0.4 is 0 Å². The van der Waals surface area contributed by atoms with Gasteiger partial charge in [-0.1, -0.05) is 145 Å². The summed E-state index contributed by atoms with van der Waals surface area (Å²) in [7, 11) is 0. The molecule has 262 valence electrons. The van der Waals surface area contributed by atoms with Gasteiger partial charge in [-0.2, -0.15) is 0 Å². The molecule has 0 aliphatic rings. The minimum atomic E-state index is -0.532. The SMILES string of the molecule is [2H]c1c([2H])c([2H])c(-c2cccc3c2c2c([2H])c([2H])c([2H])c([2H])c2n3-c2ccc(-c3nc(-c4ccc(-c5ccccc5)cc4)nc(-c4cccc5sc6ccccc6c45)n3)cc2)c([2H])c1[2H]. The smallest absolute Gasteiger partial charge is 0.164 e. The predicted octanol–water partition coefficient (Wildman–Crippen LogP) is 13.7. The second-order valence-electron chi connectivity index (χ2n) is 13.3. The van der Waals surface area contributed by atoms with Crippen molar-refractivity contribution in [1.82, 2.24) is 19.5 Å². The number of benzene rings is 8. The lowest BCUT2D eigenvalue weighted by Gasteiger charge is -2.12. The van der Waals surface area contributed by atoms with Crippen LogP contribution >= 0.6 is 11.3 Å². The van der Waals surface area contributed by atoms with Crippen LogP contribution in [0, 0.1) is 0 Å². The number of thiophene rings is 1. The standard InChI is InChI=1S/C51H32N4S/c1-3-13-33(14-4-1)34-25-27-36(28-26-34)49-52-50(54-51(53-49)42-20-12-24-46-48(42)41-18-8-10-23-45(41)56-46)37-29-31-38(32-30-37)55-43-21-9-7-17-40(43)47-39(19-11-22-44(47)55)35-15-5-2-6-16-35/h1-32H/i2D,5D,6D,7D,9D,15D,16D,17D,21D. The van der Waals surface area contributed by atoms with Crippen LogP contribution in [0.4, 0.5) is 0 Å². The highest BCUT2D eigenvalue weighted by atomic mass is 32.1. The average molecular weight is 742 g/mol. The molecule has 0 aliphatic carbocycles. The fourth-order valence-corrected chi connectivity index (χ4v) is 8.68. The second-order valence-corrected chi connectivity index (χ2v) is 14.4. The highest BCUT2D eigenvalue weighted by Gasteiger charge is 2.19. The number of nitrogens with zero attached hydrogens (tertiary/aromatic N) is 4. The van der Waals surface area contributed by atoms with Crippen LogP contribution in [0.5, 0.6) is 0 Å². The van der Waals surface area contributed by atoms with E-state index < -0.39 is 42.3 Å². The van der Waals surface area contributed by atoms with Crippen molar-refractivity contribution in [1.29, 1.82) is 0 Å². The minimum Gasteiger partial charge on any atom is -0.309 e. The summed E-state index contributed by atoms with van der Waals surface area (Å²) in [5.41, 5.74) is 5.88. The zero-order valence-corrected chi connectivity index (χ0v) is 30.3. The lowest BCUT2D eigenvalue weighted by Crippen LogP contribution is -2.01. The fourth-order valence-electron chi connectivity index (χ4n) is 7.54. The van der Waals surface area contributed by atoms with Crippen LogP contribution in [0.15, 0.2) is 194 Å². The van der Waals surface area contributed by atoms with Gasteiger partial charge in [0.25, 0.3) is 0 Å². The predicted molar refractivity (Wildman–Crippen MR) is 234 cm³/mol. The summed E-state index contributed by atoms with van der Waals surface area (Å²) in [6.07, 6.45) is 0. The van der Waals surface area contributed by atoms with Crippen molar-refractivity contribution in [2.75, 3.05) is 0 Å². The second kappa shape index (κ2) is 13.3. The number of hydrogen-bond donors (Lipinski definition) is 0. The van der Waals surface area contributed by atoms with Gasteiger partial charge >= 0.3 is 0 Å². The third kappa shape index (κ3) is 5.40. The largest absolute Gasteiger partial charge is 0.309 e. The van der Waals surface area contributed by atoms with Crippen molar-refractivity contribution in [2.45, 2.75) is 0 Å². The summed E-state index contributed by atoms with van der Waals surface area (Å²) < 4.78 is 82.2. The van der Waals surface area contributed by atoms with E-state index in [1.165, 1.54) is 0 Å². The third-order valence-electron chi connectivity index (χ3n) is 10.1. The minimum absolute atomic E-state index is 0.0642. The number of para-hydroxylation sites is 1. The van der Waals surface area contributed by atoms with Gasteiger partial charge in [0.2, 0.25) is 0 Å². The molecule has 0 atom stereocenters. The number of aromatic nitrogens is 4. The van der Waals surface area contributed by atoms with Gasteiger partial charge in [-0.05, 0) is 70.8 Å². The zero-order chi connectivity index (χ0) is 44.8. The van der Waals surface area contributed by atoms with Crippen LogP contribution in [-0.4, -0.2) is 19.5 Å². The van der Waals surface area contributed by atoms with E-state index in [2.05, 4.69) is 42.5 Å². The monoisotopic (exact) mass is 741 g/mol. The molecule has 4 nitrogen and oxygen atoms in total. The Morgan fingerprint density at radius 3 is 1.80 bits per heavy atom. The van der Waals surface area contributed by atoms with Gasteiger partial charge in [-0.15, -0.1) is 11.3 Å². The molecule has 0 saturated heterocycles. The number of rotatable bonds is 6. The molecule has 56 heavy (non-hydrogen) atoms. The fraction of sp³-hybridized carbons (Fsp3) is 0. The van der Waals surface area contributed by atoms with Gasteiger partial charge in [-0.3, -0.25) is 0 Å². The molecule has 0 N–H and O–H groups in total. The lowest BCUT2D eigenvalue weighted by molar-refractivity contribution is 1.07. The van der Waals surface area contributed by atoms with Crippen LogP contribution in [-0.2, 0) is 0 Å². The Kier molecular flexibility index (Phi) is 5.75. The molecule has 0 saturated carbocycles. The number of hydrogen-bond acceptors (Lipinski definition) is 4. The molecule has 0 aliphatic heterocycles. The Labute approximate surface area is 340 Å². The summed E-state index contributed by atoms with van der Waals surface area (Å²) in [6, 6.07) is 41.3. The third-order valence-corrected chi connectivity index (χ3v) is 11.2. The molecule has 0 bridgehead atoms. The van der Waals surface area contributed by atoms with Gasteiger partial charge in [0.05, 0.1) is 23.4 Å². The molecule has 11 aromatic rings. The first-order valence-corrected chi connectivity index (χ1v) is 18.9. The van der Waals surface area contributed by atoms with E-state index in [1.54, 1.807) is 34.1 Å². The van der Waals surface area contributed by atoms with Crippen molar-refractivity contribution in [2.24, 2.45) is 0 Å². The first kappa shape index (κ1) is 24.2. The summed E-state index contributed by atoms with van der Waals surface area (Å²) in [6.45, 7) is 0. The molecule has 11 rings (SSSR count). The topological polar surface area (TPSA) is 43.6 Å². The normalized spacial score (nSPS) is 13.8. The zero-order valence-electron chi connectivity index (χ0n) is 38.5. The van der Waals surface area contributed by atoms with Gasteiger partial charge in [-0.25, -0.2) is 15.0 Å². The van der Waals surface area contributed by atoms with Crippen molar-refractivity contribution in [3.05, 3.63) is 194 Å². The first-order chi connectivity index (χ1) is 31.5.